The maximum Gasteiger partial charge on any atom is 0.308 e. The van der Waals surface area contributed by atoms with Gasteiger partial charge in [-0.3, -0.25) is 14.4 Å². The van der Waals surface area contributed by atoms with Crippen molar-refractivity contribution in [2.45, 2.75) is 19.8 Å². The highest BCUT2D eigenvalue weighted by Crippen LogP contribution is 2.59. The van der Waals surface area contributed by atoms with Gasteiger partial charge < -0.3 is 20.7 Å². The van der Waals surface area contributed by atoms with Crippen molar-refractivity contribution in [2.75, 3.05) is 0 Å². The second kappa shape index (κ2) is 7.95. The summed E-state index contributed by atoms with van der Waals surface area (Å²) in [5.41, 5.74) is 4.90. The van der Waals surface area contributed by atoms with Crippen molar-refractivity contribution < 1.29 is 29.3 Å². The number of benzene rings is 2. The molecule has 152 valence electrons. The van der Waals surface area contributed by atoms with Crippen LogP contribution in [0.3, 0.4) is 0 Å². The third kappa shape index (κ3) is 3.55. The summed E-state index contributed by atoms with van der Waals surface area (Å²) in [7, 11) is 0. The van der Waals surface area contributed by atoms with Crippen molar-refractivity contribution in [3.05, 3.63) is 60.2 Å². The molecule has 4 N–H and O–H groups in total. The fourth-order valence-corrected chi connectivity index (χ4v) is 4.59. The second-order valence-electron chi connectivity index (χ2n) is 7.34. The Bertz CT molecular complexity index is 911. The van der Waals surface area contributed by atoms with Gasteiger partial charge in [0.15, 0.2) is 0 Å². The topological polar surface area (TPSA) is 127 Å². The number of primary amides is 1. The number of carboxylic acids is 2. The highest BCUT2D eigenvalue weighted by atomic mass is 16.5. The standard InChI is InChI=1S/C22H23NO6/c1-2-16-17(19(24)25)18(20(26)27)22(16,21(23)28)12-13-8-10-15(11-9-13)29-14-6-4-3-5-7-14/h3-11,16-18H,2,12H2,1H3,(H2,23,28)(H,24,25)(H,26,27). The highest BCUT2D eigenvalue weighted by molar-refractivity contribution is 5.94. The lowest BCUT2D eigenvalue weighted by Crippen LogP contribution is -2.68. The van der Waals surface area contributed by atoms with Gasteiger partial charge in [-0.05, 0) is 42.2 Å². The number of carboxylic acid groups (broad SMARTS) is 2. The third-order valence-corrected chi connectivity index (χ3v) is 5.86. The Balaban J connectivity index is 1.87. The first kappa shape index (κ1) is 20.4. The predicted molar refractivity (Wildman–Crippen MR) is 104 cm³/mol. The van der Waals surface area contributed by atoms with E-state index in [4.69, 9.17) is 10.5 Å². The lowest BCUT2D eigenvalue weighted by Gasteiger charge is -2.56. The molecule has 1 aliphatic rings. The Morgan fingerprint density at radius 1 is 0.966 bits per heavy atom. The fraction of sp³-hybridized carbons (Fsp3) is 0.318. The zero-order valence-electron chi connectivity index (χ0n) is 15.9. The van der Waals surface area contributed by atoms with E-state index in [1.807, 2.05) is 30.3 Å². The zero-order chi connectivity index (χ0) is 21.2. The number of ether oxygens (including phenoxy) is 1. The molecular formula is C22H23NO6. The van der Waals surface area contributed by atoms with Gasteiger partial charge in [0.05, 0.1) is 17.3 Å². The maximum atomic E-state index is 12.4. The van der Waals surface area contributed by atoms with E-state index >= 15 is 0 Å². The Morgan fingerprint density at radius 2 is 1.55 bits per heavy atom. The van der Waals surface area contributed by atoms with Gasteiger partial charge in [-0.25, -0.2) is 0 Å². The summed E-state index contributed by atoms with van der Waals surface area (Å²) in [4.78, 5) is 35.9. The summed E-state index contributed by atoms with van der Waals surface area (Å²) >= 11 is 0. The molecule has 1 aliphatic carbocycles. The monoisotopic (exact) mass is 397 g/mol. The molecule has 0 spiro atoms. The highest BCUT2D eigenvalue weighted by Gasteiger charge is 2.69. The van der Waals surface area contributed by atoms with E-state index in [0.29, 0.717) is 23.5 Å². The predicted octanol–water partition coefficient (Wildman–Crippen LogP) is 2.93. The smallest absolute Gasteiger partial charge is 0.308 e. The molecule has 7 heteroatoms. The maximum absolute atomic E-state index is 12.4. The molecule has 0 aliphatic heterocycles. The summed E-state index contributed by atoms with van der Waals surface area (Å²) in [5.74, 6) is -5.18. The number of carbonyl (C=O) groups is 3. The average molecular weight is 397 g/mol. The van der Waals surface area contributed by atoms with E-state index in [1.165, 1.54) is 0 Å². The number of aliphatic carboxylic acids is 2. The average Bonchev–Trinajstić information content (AvgIpc) is 2.66. The quantitative estimate of drug-likeness (QED) is 0.628. The number of para-hydroxylation sites is 1. The number of rotatable bonds is 8. The molecule has 4 atom stereocenters. The minimum absolute atomic E-state index is 0.0627. The molecule has 2 aromatic rings. The Labute approximate surface area is 168 Å². The molecular weight excluding hydrogens is 374 g/mol. The van der Waals surface area contributed by atoms with E-state index in [9.17, 15) is 24.6 Å². The molecule has 29 heavy (non-hydrogen) atoms. The molecule has 1 saturated carbocycles. The van der Waals surface area contributed by atoms with Crippen LogP contribution < -0.4 is 10.5 Å². The molecule has 0 aromatic heterocycles. The summed E-state index contributed by atoms with van der Waals surface area (Å²) in [6, 6.07) is 16.2. The van der Waals surface area contributed by atoms with E-state index in [-0.39, 0.29) is 6.42 Å². The Kier molecular flexibility index (Phi) is 5.59. The van der Waals surface area contributed by atoms with Gasteiger partial charge >= 0.3 is 11.9 Å². The fourth-order valence-electron chi connectivity index (χ4n) is 4.59. The Morgan fingerprint density at radius 3 is 2.03 bits per heavy atom. The summed E-state index contributed by atoms with van der Waals surface area (Å²) in [6.45, 7) is 1.74. The van der Waals surface area contributed by atoms with Crippen LogP contribution in [0.4, 0.5) is 0 Å². The first-order valence-corrected chi connectivity index (χ1v) is 9.38. The van der Waals surface area contributed by atoms with Gasteiger partial charge in [-0.1, -0.05) is 43.7 Å². The zero-order valence-corrected chi connectivity index (χ0v) is 15.9. The van der Waals surface area contributed by atoms with Crippen molar-refractivity contribution in [1.29, 1.82) is 0 Å². The van der Waals surface area contributed by atoms with Crippen LogP contribution in [-0.4, -0.2) is 28.1 Å². The molecule has 3 rings (SSSR count). The summed E-state index contributed by atoms with van der Waals surface area (Å²) in [6.07, 6.45) is 0.409. The molecule has 1 fully saturated rings. The molecule has 4 unspecified atom stereocenters. The van der Waals surface area contributed by atoms with Gasteiger partial charge in [-0.15, -0.1) is 0 Å². The second-order valence-corrected chi connectivity index (χ2v) is 7.34. The van der Waals surface area contributed by atoms with Crippen molar-refractivity contribution in [2.24, 2.45) is 28.9 Å². The van der Waals surface area contributed by atoms with Gasteiger partial charge in [0.2, 0.25) is 5.91 Å². The van der Waals surface area contributed by atoms with Gasteiger partial charge in [0.25, 0.3) is 0 Å². The molecule has 0 radical (unpaired) electrons. The normalized spacial score (nSPS) is 25.6. The van der Waals surface area contributed by atoms with Crippen LogP contribution in [0.15, 0.2) is 54.6 Å². The molecule has 1 amide bonds. The lowest BCUT2D eigenvalue weighted by atomic mass is 9.44. The minimum Gasteiger partial charge on any atom is -0.481 e. The van der Waals surface area contributed by atoms with E-state index in [0.717, 1.165) is 0 Å². The number of hydrogen-bond acceptors (Lipinski definition) is 4. The number of nitrogens with two attached hydrogens (primary N) is 1. The number of carbonyl (C=O) groups excluding carboxylic acids is 1. The molecule has 7 nitrogen and oxygen atoms in total. The minimum atomic E-state index is -1.44. The molecule has 2 aromatic carbocycles. The summed E-state index contributed by atoms with van der Waals surface area (Å²) in [5, 5.41) is 19.1. The van der Waals surface area contributed by atoms with Crippen LogP contribution in [-0.2, 0) is 20.8 Å². The lowest BCUT2D eigenvalue weighted by molar-refractivity contribution is -0.196. The van der Waals surface area contributed by atoms with Crippen molar-refractivity contribution >= 4 is 17.8 Å². The van der Waals surface area contributed by atoms with E-state index < -0.39 is 41.0 Å². The van der Waals surface area contributed by atoms with Crippen molar-refractivity contribution in [3.8, 4) is 11.5 Å². The van der Waals surface area contributed by atoms with Crippen LogP contribution in [0, 0.1) is 23.2 Å². The van der Waals surface area contributed by atoms with Gasteiger partial charge in [0, 0.05) is 0 Å². The van der Waals surface area contributed by atoms with E-state index in [2.05, 4.69) is 0 Å². The van der Waals surface area contributed by atoms with Crippen LogP contribution in [0.1, 0.15) is 18.9 Å². The first-order valence-electron chi connectivity index (χ1n) is 9.38. The Hall–Kier alpha value is -3.35. The van der Waals surface area contributed by atoms with Crippen molar-refractivity contribution in [3.63, 3.8) is 0 Å². The number of amides is 1. The van der Waals surface area contributed by atoms with Gasteiger partial charge in [-0.2, -0.15) is 0 Å². The van der Waals surface area contributed by atoms with Crippen LogP contribution in [0.2, 0.25) is 0 Å². The van der Waals surface area contributed by atoms with Crippen molar-refractivity contribution in [1.82, 2.24) is 0 Å². The first-order chi connectivity index (χ1) is 13.8. The molecule has 0 bridgehead atoms. The van der Waals surface area contributed by atoms with E-state index in [1.54, 1.807) is 31.2 Å². The van der Waals surface area contributed by atoms with Gasteiger partial charge in [0.1, 0.15) is 11.5 Å². The summed E-state index contributed by atoms with van der Waals surface area (Å²) < 4.78 is 5.74. The molecule has 0 heterocycles. The SMILES string of the molecule is CCC1C(C(=O)O)C(C(=O)O)C1(Cc1ccc(Oc2ccccc2)cc1)C(N)=O. The van der Waals surface area contributed by atoms with Crippen LogP contribution in [0.5, 0.6) is 11.5 Å². The van der Waals surface area contributed by atoms with Crippen LogP contribution >= 0.6 is 0 Å². The molecule has 0 saturated heterocycles. The number of hydrogen-bond donors (Lipinski definition) is 3. The largest absolute Gasteiger partial charge is 0.481 e. The van der Waals surface area contributed by atoms with Crippen LogP contribution in [0.25, 0.3) is 0 Å². The third-order valence-electron chi connectivity index (χ3n) is 5.86.